The van der Waals surface area contributed by atoms with Gasteiger partial charge in [0, 0.05) is 15.5 Å². The second-order valence-corrected chi connectivity index (χ2v) is 13.1. The summed E-state index contributed by atoms with van der Waals surface area (Å²) in [7, 11) is 1.52. The van der Waals surface area contributed by atoms with E-state index < -0.39 is 29.6 Å². The molecule has 1 N–H and O–H groups in total. The zero-order valence-corrected chi connectivity index (χ0v) is 27.9. The molecule has 0 radical (unpaired) electrons. The molecule has 3 amide bonds. The summed E-state index contributed by atoms with van der Waals surface area (Å²) in [5.41, 5.74) is 3.60. The van der Waals surface area contributed by atoms with Crippen molar-refractivity contribution < 1.29 is 33.4 Å². The molecule has 240 valence electrons. The maximum atomic E-state index is 13.3. The maximum Gasteiger partial charge on any atom is 0.341 e. The number of allylic oxidation sites excluding steroid dienone is 1. The summed E-state index contributed by atoms with van der Waals surface area (Å²) in [6, 6.07) is 10.9. The number of aryl methyl sites for hydroxylation is 1. The van der Waals surface area contributed by atoms with Crippen molar-refractivity contribution in [3.8, 4) is 11.5 Å². The molecular formula is C34H33ClN2O7S2. The predicted molar refractivity (Wildman–Crippen MR) is 181 cm³/mol. The van der Waals surface area contributed by atoms with Crippen LogP contribution in [0.4, 0.5) is 9.80 Å². The first-order valence-electron chi connectivity index (χ1n) is 14.8. The number of nitrogens with one attached hydrogen (secondary N) is 1. The van der Waals surface area contributed by atoms with Crippen LogP contribution in [0, 0.1) is 0 Å². The number of esters is 1. The number of methoxy groups -OCH3 is 1. The summed E-state index contributed by atoms with van der Waals surface area (Å²) >= 11 is 8.10. The number of hydrogen-bond donors (Lipinski definition) is 1. The summed E-state index contributed by atoms with van der Waals surface area (Å²) in [6.07, 6.45) is 7.31. The fourth-order valence-electron chi connectivity index (χ4n) is 5.30. The molecule has 0 spiro atoms. The minimum Gasteiger partial charge on any atom is -0.493 e. The number of thiophene rings is 1. The van der Waals surface area contributed by atoms with E-state index in [1.165, 1.54) is 18.4 Å². The van der Waals surface area contributed by atoms with Gasteiger partial charge in [0.25, 0.3) is 11.1 Å². The van der Waals surface area contributed by atoms with Gasteiger partial charge in [0.15, 0.2) is 11.5 Å². The van der Waals surface area contributed by atoms with Crippen molar-refractivity contribution in [3.05, 3.63) is 91.7 Å². The van der Waals surface area contributed by atoms with E-state index in [9.17, 15) is 19.2 Å². The molecule has 2 aromatic carbocycles. The van der Waals surface area contributed by atoms with Gasteiger partial charge in [-0.25, -0.2) is 4.79 Å². The summed E-state index contributed by atoms with van der Waals surface area (Å²) in [5, 5.41) is 3.22. The number of ether oxygens (including phenoxy) is 3. The van der Waals surface area contributed by atoms with E-state index >= 15 is 0 Å². The van der Waals surface area contributed by atoms with Crippen LogP contribution in [0.15, 0.2) is 54.0 Å². The molecule has 3 aromatic rings. The molecule has 0 unspecified atom stereocenters. The molecule has 1 aromatic heterocycles. The third-order valence-electron chi connectivity index (χ3n) is 7.41. The first-order valence-corrected chi connectivity index (χ1v) is 16.8. The number of thioether (sulfide) groups is 1. The van der Waals surface area contributed by atoms with E-state index in [2.05, 4.69) is 11.9 Å². The number of amides is 3. The molecule has 46 heavy (non-hydrogen) atoms. The smallest absolute Gasteiger partial charge is 0.341 e. The van der Waals surface area contributed by atoms with Crippen molar-refractivity contribution in [2.45, 2.75) is 45.6 Å². The third kappa shape index (κ3) is 7.49. The molecule has 1 saturated heterocycles. The second-order valence-electron chi connectivity index (χ2n) is 10.6. The lowest BCUT2D eigenvalue weighted by Gasteiger charge is -2.16. The van der Waals surface area contributed by atoms with Crippen LogP contribution < -0.4 is 14.8 Å². The Kier molecular flexibility index (Phi) is 10.9. The Hall–Kier alpha value is -4.06. The van der Waals surface area contributed by atoms with Crippen LogP contribution in [-0.2, 0) is 40.2 Å². The normalized spacial score (nSPS) is 15.1. The summed E-state index contributed by atoms with van der Waals surface area (Å²) in [5.74, 6) is -0.664. The van der Waals surface area contributed by atoms with Crippen LogP contribution in [0.3, 0.4) is 0 Å². The first-order chi connectivity index (χ1) is 22.2. The van der Waals surface area contributed by atoms with Crippen LogP contribution >= 0.6 is 34.7 Å². The number of hydrogen-bond acceptors (Lipinski definition) is 9. The van der Waals surface area contributed by atoms with E-state index in [0.717, 1.165) is 63.9 Å². The molecule has 2 aliphatic rings. The molecule has 9 nitrogen and oxygen atoms in total. The van der Waals surface area contributed by atoms with Gasteiger partial charge in [-0.15, -0.1) is 17.9 Å². The average molecular weight is 681 g/mol. The molecule has 2 heterocycles. The summed E-state index contributed by atoms with van der Waals surface area (Å²) < 4.78 is 17.0. The van der Waals surface area contributed by atoms with Crippen LogP contribution in [-0.4, -0.2) is 48.2 Å². The van der Waals surface area contributed by atoms with Gasteiger partial charge in [0.2, 0.25) is 5.91 Å². The minimum atomic E-state index is -0.589. The Balaban J connectivity index is 1.32. The number of carbonyl (C=O) groups is 4. The highest BCUT2D eigenvalue weighted by atomic mass is 35.5. The number of halogens is 1. The molecular weight excluding hydrogens is 648 g/mol. The number of nitrogens with zero attached hydrogens (tertiary/aromatic N) is 1. The van der Waals surface area contributed by atoms with Gasteiger partial charge in [0.1, 0.15) is 18.2 Å². The SMILES string of the molecule is C=CCc1cc(/C=C2/SC(=O)N(CC(=O)Nc3sc4c(c3C(=O)OCC)CCCC4)C2=O)cc(OC)c1OCc1ccc(Cl)cc1. The van der Waals surface area contributed by atoms with E-state index in [0.29, 0.717) is 39.1 Å². The molecule has 1 aliphatic carbocycles. The zero-order chi connectivity index (χ0) is 32.8. The lowest BCUT2D eigenvalue weighted by Crippen LogP contribution is -2.36. The van der Waals surface area contributed by atoms with Crippen molar-refractivity contribution in [2.24, 2.45) is 0 Å². The van der Waals surface area contributed by atoms with Gasteiger partial charge in [0.05, 0.1) is 24.2 Å². The number of imide groups is 1. The van der Waals surface area contributed by atoms with Gasteiger partial charge in [-0.05, 0) is 97.8 Å². The number of carbonyl (C=O) groups excluding carboxylic acids is 4. The van der Waals surface area contributed by atoms with Crippen LogP contribution in [0.2, 0.25) is 5.02 Å². The fraction of sp³-hybridized carbons (Fsp3) is 0.294. The van der Waals surface area contributed by atoms with E-state index in [1.54, 1.807) is 37.3 Å². The second kappa shape index (κ2) is 15.0. The average Bonchev–Trinajstić information content (AvgIpc) is 3.52. The number of rotatable bonds is 12. The highest BCUT2D eigenvalue weighted by molar-refractivity contribution is 8.18. The van der Waals surface area contributed by atoms with Gasteiger partial charge in [-0.2, -0.15) is 0 Å². The standard InChI is InChI=1S/C34H33ClN2O7S2/c1-4-8-22-15-21(16-25(42-3)30(22)44-19-20-11-13-23(35)14-12-20)17-27-32(39)37(34(41)46-27)18-28(38)36-31-29(33(40)43-5-2)24-9-6-7-10-26(24)45-31/h4,11-17H,1,5-10,18-19H2,2-3H3,(H,36,38)/b27-17+. The molecule has 12 heteroatoms. The van der Waals surface area contributed by atoms with Crippen molar-refractivity contribution in [1.29, 1.82) is 0 Å². The molecule has 0 atom stereocenters. The number of anilines is 1. The van der Waals surface area contributed by atoms with Crippen molar-refractivity contribution in [3.63, 3.8) is 0 Å². The Morgan fingerprint density at radius 3 is 2.61 bits per heavy atom. The van der Waals surface area contributed by atoms with Gasteiger partial charge in [-0.3, -0.25) is 19.3 Å². The van der Waals surface area contributed by atoms with Crippen LogP contribution in [0.5, 0.6) is 11.5 Å². The summed E-state index contributed by atoms with van der Waals surface area (Å²) in [4.78, 5) is 54.2. The monoisotopic (exact) mass is 680 g/mol. The molecule has 0 bridgehead atoms. The largest absolute Gasteiger partial charge is 0.493 e. The van der Waals surface area contributed by atoms with Crippen molar-refractivity contribution >= 4 is 68.8 Å². The molecule has 5 rings (SSSR count). The Morgan fingerprint density at radius 2 is 1.89 bits per heavy atom. The topological polar surface area (TPSA) is 111 Å². The number of fused-ring (bicyclic) bond motifs is 1. The van der Waals surface area contributed by atoms with Crippen molar-refractivity contribution in [2.75, 3.05) is 25.6 Å². The van der Waals surface area contributed by atoms with Gasteiger partial charge in [-0.1, -0.05) is 29.8 Å². The van der Waals surface area contributed by atoms with Crippen LogP contribution in [0.25, 0.3) is 6.08 Å². The Bertz CT molecular complexity index is 1710. The van der Waals surface area contributed by atoms with E-state index in [-0.39, 0.29) is 18.1 Å². The predicted octanol–water partition coefficient (Wildman–Crippen LogP) is 7.45. The fourth-order valence-corrected chi connectivity index (χ4v) is 7.55. The molecule has 1 fully saturated rings. The van der Waals surface area contributed by atoms with E-state index in [4.69, 9.17) is 25.8 Å². The van der Waals surface area contributed by atoms with Crippen LogP contribution in [0.1, 0.15) is 57.3 Å². The Labute approximate surface area is 280 Å². The third-order valence-corrected chi connectivity index (χ3v) is 9.78. The molecule has 1 aliphatic heterocycles. The summed E-state index contributed by atoms with van der Waals surface area (Å²) in [6.45, 7) is 5.58. The zero-order valence-electron chi connectivity index (χ0n) is 25.5. The van der Waals surface area contributed by atoms with Crippen molar-refractivity contribution in [1.82, 2.24) is 4.90 Å². The maximum absolute atomic E-state index is 13.3. The highest BCUT2D eigenvalue weighted by Gasteiger charge is 2.37. The Morgan fingerprint density at radius 1 is 1.13 bits per heavy atom. The lowest BCUT2D eigenvalue weighted by molar-refractivity contribution is -0.127. The lowest BCUT2D eigenvalue weighted by atomic mass is 9.95. The first kappa shape index (κ1) is 33.3. The molecule has 0 saturated carbocycles. The quantitative estimate of drug-likeness (QED) is 0.119. The van der Waals surface area contributed by atoms with E-state index in [1.807, 2.05) is 18.2 Å². The van der Waals surface area contributed by atoms with Gasteiger partial charge < -0.3 is 19.5 Å². The highest BCUT2D eigenvalue weighted by Crippen LogP contribution is 2.40. The minimum absolute atomic E-state index is 0.165. The number of benzene rings is 2. The van der Waals surface area contributed by atoms with Gasteiger partial charge >= 0.3 is 5.97 Å².